The number of benzene rings is 1. The summed E-state index contributed by atoms with van der Waals surface area (Å²) in [5.74, 6) is 0.825. The normalized spacial score (nSPS) is 24.7. The highest BCUT2D eigenvalue weighted by Crippen LogP contribution is 2.28. The van der Waals surface area contributed by atoms with Gasteiger partial charge in [0, 0.05) is 51.3 Å². The summed E-state index contributed by atoms with van der Waals surface area (Å²) in [6.07, 6.45) is 0. The van der Waals surface area contributed by atoms with Crippen molar-refractivity contribution in [3.63, 3.8) is 0 Å². The summed E-state index contributed by atoms with van der Waals surface area (Å²) in [5, 5.41) is 12.6. The van der Waals surface area contributed by atoms with Gasteiger partial charge in [-0.05, 0) is 17.7 Å². The smallest absolute Gasteiger partial charge is 0.0477 e. The molecule has 1 heterocycles. The number of aliphatic hydroxyl groups excluding tert-OH is 1. The van der Waals surface area contributed by atoms with Crippen LogP contribution in [0.1, 0.15) is 11.5 Å². The molecule has 1 aromatic rings. The Bertz CT molecular complexity index is 334. The van der Waals surface area contributed by atoms with E-state index in [1.54, 1.807) is 0 Å². The van der Waals surface area contributed by atoms with Crippen molar-refractivity contribution in [2.45, 2.75) is 5.92 Å². The number of anilines is 1. The second-order valence-electron chi connectivity index (χ2n) is 4.69. The van der Waals surface area contributed by atoms with Gasteiger partial charge in [0.1, 0.15) is 0 Å². The molecule has 3 nitrogen and oxygen atoms in total. The lowest BCUT2D eigenvalue weighted by Crippen LogP contribution is -2.15. The Morgan fingerprint density at radius 1 is 1.25 bits per heavy atom. The van der Waals surface area contributed by atoms with Gasteiger partial charge >= 0.3 is 0 Å². The molecule has 16 heavy (non-hydrogen) atoms. The number of hydrogen-bond donors (Lipinski definition) is 2. The molecule has 0 saturated carbocycles. The van der Waals surface area contributed by atoms with Crippen LogP contribution in [0, 0.1) is 5.92 Å². The second kappa shape index (κ2) is 4.85. The predicted molar refractivity (Wildman–Crippen MR) is 67.0 cm³/mol. The summed E-state index contributed by atoms with van der Waals surface area (Å²) in [6, 6.07) is 8.63. The van der Waals surface area contributed by atoms with Gasteiger partial charge < -0.3 is 15.3 Å². The first-order chi connectivity index (χ1) is 7.72. The summed E-state index contributed by atoms with van der Waals surface area (Å²) in [5.41, 5.74) is 2.55. The van der Waals surface area contributed by atoms with Gasteiger partial charge in [0.25, 0.3) is 0 Å². The van der Waals surface area contributed by atoms with Crippen molar-refractivity contribution in [1.82, 2.24) is 5.32 Å². The highest BCUT2D eigenvalue weighted by atomic mass is 16.3. The maximum absolute atomic E-state index is 9.29. The summed E-state index contributed by atoms with van der Waals surface area (Å²) in [4.78, 5) is 2.10. The first-order valence-corrected chi connectivity index (χ1v) is 5.81. The van der Waals surface area contributed by atoms with Gasteiger partial charge in [0.2, 0.25) is 0 Å². The van der Waals surface area contributed by atoms with Crippen molar-refractivity contribution in [1.29, 1.82) is 0 Å². The first-order valence-electron chi connectivity index (χ1n) is 5.81. The van der Waals surface area contributed by atoms with E-state index in [9.17, 15) is 5.11 Å². The van der Waals surface area contributed by atoms with Gasteiger partial charge in [0.15, 0.2) is 0 Å². The Morgan fingerprint density at radius 3 is 2.50 bits per heavy atom. The fourth-order valence-electron chi connectivity index (χ4n) is 2.33. The molecule has 0 aliphatic carbocycles. The maximum Gasteiger partial charge on any atom is 0.0477 e. The van der Waals surface area contributed by atoms with Crippen LogP contribution in [0.15, 0.2) is 24.3 Å². The SMILES string of the molecule is CN(C)c1ccc([C@H]2CNC[C@H]2CO)cc1. The van der Waals surface area contributed by atoms with E-state index in [1.165, 1.54) is 11.3 Å². The fourth-order valence-corrected chi connectivity index (χ4v) is 2.33. The van der Waals surface area contributed by atoms with Crippen molar-refractivity contribution < 1.29 is 5.11 Å². The second-order valence-corrected chi connectivity index (χ2v) is 4.69. The van der Waals surface area contributed by atoms with Gasteiger partial charge in [-0.25, -0.2) is 0 Å². The molecule has 0 spiro atoms. The largest absolute Gasteiger partial charge is 0.396 e. The van der Waals surface area contributed by atoms with Crippen LogP contribution < -0.4 is 10.2 Å². The van der Waals surface area contributed by atoms with Gasteiger partial charge in [0.05, 0.1) is 0 Å². The lowest BCUT2D eigenvalue weighted by molar-refractivity contribution is 0.226. The van der Waals surface area contributed by atoms with Crippen molar-refractivity contribution in [2.75, 3.05) is 38.7 Å². The standard InChI is InChI=1S/C13H20N2O/c1-15(2)12-5-3-10(4-6-12)13-8-14-7-11(13)9-16/h3-6,11,13-14,16H,7-9H2,1-2H3/t11-,13+/m0/s1. The molecule has 0 aromatic heterocycles. The highest BCUT2D eigenvalue weighted by molar-refractivity contribution is 5.46. The van der Waals surface area contributed by atoms with E-state index < -0.39 is 0 Å². The van der Waals surface area contributed by atoms with Crippen molar-refractivity contribution in [3.8, 4) is 0 Å². The molecular formula is C13H20N2O. The zero-order valence-electron chi connectivity index (χ0n) is 9.98. The van der Waals surface area contributed by atoms with Crippen LogP contribution in [0.5, 0.6) is 0 Å². The van der Waals surface area contributed by atoms with E-state index in [0.29, 0.717) is 11.8 Å². The van der Waals surface area contributed by atoms with Gasteiger partial charge in [-0.1, -0.05) is 12.1 Å². The Hall–Kier alpha value is -1.06. The van der Waals surface area contributed by atoms with Crippen LogP contribution in [0.4, 0.5) is 5.69 Å². The number of aliphatic hydroxyl groups is 1. The minimum absolute atomic E-state index is 0.271. The lowest BCUT2D eigenvalue weighted by atomic mass is 9.89. The van der Waals surface area contributed by atoms with E-state index >= 15 is 0 Å². The van der Waals surface area contributed by atoms with Crippen LogP contribution in [0.2, 0.25) is 0 Å². The first kappa shape index (κ1) is 11.4. The van der Waals surface area contributed by atoms with Gasteiger partial charge in [-0.2, -0.15) is 0 Å². The summed E-state index contributed by atoms with van der Waals surface area (Å²) >= 11 is 0. The highest BCUT2D eigenvalue weighted by Gasteiger charge is 2.27. The zero-order chi connectivity index (χ0) is 11.5. The van der Waals surface area contributed by atoms with Crippen molar-refractivity contribution >= 4 is 5.69 Å². The van der Waals surface area contributed by atoms with Crippen LogP contribution in [-0.2, 0) is 0 Å². The topological polar surface area (TPSA) is 35.5 Å². The molecule has 0 amide bonds. The molecule has 1 aliphatic rings. The Morgan fingerprint density at radius 2 is 1.94 bits per heavy atom. The number of nitrogens with zero attached hydrogens (tertiary/aromatic N) is 1. The lowest BCUT2D eigenvalue weighted by Gasteiger charge is -2.18. The van der Waals surface area contributed by atoms with E-state index in [2.05, 4.69) is 34.5 Å². The molecule has 2 atom stereocenters. The third-order valence-corrected chi connectivity index (χ3v) is 3.41. The molecule has 0 unspecified atom stereocenters. The summed E-state index contributed by atoms with van der Waals surface area (Å²) < 4.78 is 0. The minimum Gasteiger partial charge on any atom is -0.396 e. The van der Waals surface area contributed by atoms with Crippen LogP contribution >= 0.6 is 0 Å². The van der Waals surface area contributed by atoms with E-state index in [-0.39, 0.29) is 6.61 Å². The third-order valence-electron chi connectivity index (χ3n) is 3.41. The van der Waals surface area contributed by atoms with Gasteiger partial charge in [-0.15, -0.1) is 0 Å². The molecule has 1 aromatic carbocycles. The number of rotatable bonds is 3. The molecule has 1 saturated heterocycles. The third kappa shape index (κ3) is 2.20. The van der Waals surface area contributed by atoms with E-state index in [0.717, 1.165) is 13.1 Å². The molecule has 1 fully saturated rings. The van der Waals surface area contributed by atoms with Crippen molar-refractivity contribution in [2.24, 2.45) is 5.92 Å². The Kier molecular flexibility index (Phi) is 3.46. The Labute approximate surface area is 97.1 Å². The quantitative estimate of drug-likeness (QED) is 0.799. The number of hydrogen-bond acceptors (Lipinski definition) is 3. The Balaban J connectivity index is 2.15. The summed E-state index contributed by atoms with van der Waals surface area (Å²) in [7, 11) is 4.09. The molecular weight excluding hydrogens is 200 g/mol. The monoisotopic (exact) mass is 220 g/mol. The average molecular weight is 220 g/mol. The molecule has 0 radical (unpaired) electrons. The fraction of sp³-hybridized carbons (Fsp3) is 0.538. The van der Waals surface area contributed by atoms with Crippen LogP contribution in [0.3, 0.4) is 0 Å². The molecule has 1 aliphatic heterocycles. The van der Waals surface area contributed by atoms with E-state index in [4.69, 9.17) is 0 Å². The van der Waals surface area contributed by atoms with Crippen LogP contribution in [0.25, 0.3) is 0 Å². The average Bonchev–Trinajstić information content (AvgIpc) is 2.77. The minimum atomic E-state index is 0.271. The van der Waals surface area contributed by atoms with Crippen LogP contribution in [-0.4, -0.2) is 38.9 Å². The van der Waals surface area contributed by atoms with Crippen molar-refractivity contribution in [3.05, 3.63) is 29.8 Å². The molecule has 2 N–H and O–H groups in total. The number of nitrogens with one attached hydrogen (secondary N) is 1. The molecule has 2 rings (SSSR count). The maximum atomic E-state index is 9.29. The molecule has 88 valence electrons. The van der Waals surface area contributed by atoms with Gasteiger partial charge in [-0.3, -0.25) is 0 Å². The van der Waals surface area contributed by atoms with E-state index in [1.807, 2.05) is 14.1 Å². The molecule has 3 heteroatoms. The predicted octanol–water partition coefficient (Wildman–Crippen LogP) is 1.05. The summed E-state index contributed by atoms with van der Waals surface area (Å²) in [6.45, 7) is 2.18. The molecule has 0 bridgehead atoms. The zero-order valence-corrected chi connectivity index (χ0v) is 9.98.